The summed E-state index contributed by atoms with van der Waals surface area (Å²) in [5.74, 6) is 2.88. The monoisotopic (exact) mass is 394 g/mol. The second-order valence-corrected chi connectivity index (χ2v) is 7.30. The highest BCUT2D eigenvalue weighted by Gasteiger charge is 2.18. The van der Waals surface area contributed by atoms with Crippen molar-refractivity contribution in [3.8, 4) is 11.5 Å². The quantitative estimate of drug-likeness (QED) is 0.426. The maximum atomic E-state index is 7.42. The second-order valence-electron chi connectivity index (χ2n) is 6.32. The number of thiophene rings is 1. The number of benzene rings is 1. The molecule has 0 bridgehead atoms. The third-order valence-corrected chi connectivity index (χ3v) is 5.55. The first kappa shape index (κ1) is 19.6. The van der Waals surface area contributed by atoms with Crippen molar-refractivity contribution < 1.29 is 9.47 Å². The number of anilines is 1. The van der Waals surface area contributed by atoms with Crippen LogP contribution in [0.5, 0.6) is 11.5 Å². The van der Waals surface area contributed by atoms with Crippen LogP contribution in [0.15, 0.2) is 30.9 Å². The average Bonchev–Trinajstić information content (AvgIpc) is 3.03. The van der Waals surface area contributed by atoms with Gasteiger partial charge in [-0.15, -0.1) is 17.9 Å². The van der Waals surface area contributed by atoms with Gasteiger partial charge in [0.1, 0.15) is 16.5 Å². The van der Waals surface area contributed by atoms with E-state index >= 15 is 0 Å². The van der Waals surface area contributed by atoms with Crippen LogP contribution in [0.25, 0.3) is 15.1 Å². The van der Waals surface area contributed by atoms with Gasteiger partial charge in [-0.3, -0.25) is 0 Å². The standard InChI is InChI=1S/C21H22N4O2S/c1-7-10-25(4)19-18-13(2)20(22-3)28-21(18)24-17(23-19)12-14-8-9-15(26-5)16(11-14)27-6/h7-9,11H,1,10,12H2,2,4-6H3. The van der Waals surface area contributed by atoms with Crippen molar-refractivity contribution in [1.82, 2.24) is 9.97 Å². The Morgan fingerprint density at radius 2 is 2.00 bits per heavy atom. The Bertz CT molecular complexity index is 1070. The Labute approximate surface area is 168 Å². The highest BCUT2D eigenvalue weighted by atomic mass is 32.1. The summed E-state index contributed by atoms with van der Waals surface area (Å²) in [7, 11) is 5.20. The van der Waals surface area contributed by atoms with Crippen LogP contribution < -0.4 is 14.4 Å². The number of rotatable bonds is 7. The molecule has 0 atom stereocenters. The van der Waals surface area contributed by atoms with Gasteiger partial charge < -0.3 is 14.4 Å². The van der Waals surface area contributed by atoms with Gasteiger partial charge in [0.15, 0.2) is 11.5 Å². The Hall–Kier alpha value is -3.11. The third kappa shape index (κ3) is 3.64. The molecule has 0 aliphatic rings. The molecule has 3 aromatic rings. The van der Waals surface area contributed by atoms with E-state index < -0.39 is 0 Å². The molecule has 6 nitrogen and oxygen atoms in total. The lowest BCUT2D eigenvalue weighted by molar-refractivity contribution is 0.354. The summed E-state index contributed by atoms with van der Waals surface area (Å²) < 4.78 is 10.7. The number of methoxy groups -OCH3 is 2. The van der Waals surface area contributed by atoms with Gasteiger partial charge in [-0.1, -0.05) is 12.1 Å². The zero-order valence-electron chi connectivity index (χ0n) is 16.4. The number of nitrogens with zero attached hydrogens (tertiary/aromatic N) is 4. The normalized spacial score (nSPS) is 10.5. The van der Waals surface area contributed by atoms with Crippen LogP contribution in [0.2, 0.25) is 0 Å². The molecule has 1 aromatic carbocycles. The lowest BCUT2D eigenvalue weighted by atomic mass is 10.1. The number of likely N-dealkylation sites (N-methyl/N-ethyl adjacent to an activating group) is 1. The van der Waals surface area contributed by atoms with E-state index in [2.05, 4.69) is 11.4 Å². The minimum atomic E-state index is 0.551. The predicted molar refractivity (Wildman–Crippen MR) is 114 cm³/mol. The number of aryl methyl sites for hydroxylation is 1. The first-order valence-corrected chi connectivity index (χ1v) is 9.54. The molecule has 0 amide bonds. The van der Waals surface area contributed by atoms with Crippen molar-refractivity contribution in [3.63, 3.8) is 0 Å². The summed E-state index contributed by atoms with van der Waals surface area (Å²) in [6.45, 7) is 13.9. The number of hydrogen-bond acceptors (Lipinski definition) is 6. The van der Waals surface area contributed by atoms with E-state index in [1.165, 1.54) is 11.3 Å². The summed E-state index contributed by atoms with van der Waals surface area (Å²) in [5.41, 5.74) is 1.95. The minimum Gasteiger partial charge on any atom is -0.493 e. The molecule has 28 heavy (non-hydrogen) atoms. The lowest BCUT2D eigenvalue weighted by Crippen LogP contribution is -2.19. The van der Waals surface area contributed by atoms with Gasteiger partial charge in [0, 0.05) is 25.4 Å². The van der Waals surface area contributed by atoms with Crippen LogP contribution in [0, 0.1) is 13.5 Å². The van der Waals surface area contributed by atoms with E-state index in [9.17, 15) is 0 Å². The van der Waals surface area contributed by atoms with Crippen molar-refractivity contribution in [2.45, 2.75) is 13.3 Å². The Morgan fingerprint density at radius 3 is 2.64 bits per heavy atom. The summed E-state index contributed by atoms with van der Waals surface area (Å²) in [4.78, 5) is 16.1. The molecule has 0 saturated heterocycles. The van der Waals surface area contributed by atoms with E-state index in [0.717, 1.165) is 27.2 Å². The molecule has 2 heterocycles. The van der Waals surface area contributed by atoms with Crippen LogP contribution in [-0.2, 0) is 6.42 Å². The highest BCUT2D eigenvalue weighted by molar-refractivity contribution is 7.22. The van der Waals surface area contributed by atoms with Crippen LogP contribution in [-0.4, -0.2) is 37.8 Å². The summed E-state index contributed by atoms with van der Waals surface area (Å²) in [6, 6.07) is 5.79. The molecule has 0 aliphatic carbocycles. The van der Waals surface area contributed by atoms with Gasteiger partial charge in [-0.2, -0.15) is 0 Å². The van der Waals surface area contributed by atoms with Crippen molar-refractivity contribution >= 4 is 32.4 Å². The molecule has 0 fully saturated rings. The lowest BCUT2D eigenvalue weighted by Gasteiger charge is -2.18. The van der Waals surface area contributed by atoms with Crippen molar-refractivity contribution in [1.29, 1.82) is 0 Å². The Balaban J connectivity index is 2.09. The number of ether oxygens (including phenoxy) is 2. The fourth-order valence-corrected chi connectivity index (χ4v) is 4.05. The van der Waals surface area contributed by atoms with Crippen molar-refractivity contribution in [2.75, 3.05) is 32.7 Å². The van der Waals surface area contributed by atoms with Crippen LogP contribution in [0.1, 0.15) is 17.0 Å². The van der Waals surface area contributed by atoms with E-state index in [-0.39, 0.29) is 0 Å². The van der Waals surface area contributed by atoms with Gasteiger partial charge in [0.05, 0.1) is 20.8 Å². The van der Waals surface area contributed by atoms with E-state index in [1.807, 2.05) is 43.1 Å². The van der Waals surface area contributed by atoms with Crippen LogP contribution >= 0.6 is 11.3 Å². The maximum absolute atomic E-state index is 7.42. The average molecular weight is 395 g/mol. The first-order chi connectivity index (χ1) is 13.5. The van der Waals surface area contributed by atoms with Crippen molar-refractivity contribution in [2.24, 2.45) is 0 Å². The number of fused-ring (bicyclic) bond motifs is 1. The molecule has 144 valence electrons. The maximum Gasteiger partial charge on any atom is 0.246 e. The van der Waals surface area contributed by atoms with Crippen LogP contribution in [0.3, 0.4) is 0 Å². The molecule has 0 saturated carbocycles. The fraction of sp³-hybridized carbons (Fsp3) is 0.286. The fourth-order valence-electron chi connectivity index (χ4n) is 3.06. The Morgan fingerprint density at radius 1 is 1.25 bits per heavy atom. The van der Waals surface area contributed by atoms with Crippen LogP contribution in [0.4, 0.5) is 10.8 Å². The summed E-state index contributed by atoms with van der Waals surface area (Å²) in [6.07, 6.45) is 2.38. The molecule has 0 N–H and O–H groups in total. The molecule has 3 rings (SSSR count). The van der Waals surface area contributed by atoms with E-state index in [1.54, 1.807) is 14.2 Å². The molecule has 2 aromatic heterocycles. The Kier molecular flexibility index (Phi) is 5.81. The number of hydrogen-bond donors (Lipinski definition) is 0. The van der Waals surface area contributed by atoms with Gasteiger partial charge in [0.25, 0.3) is 0 Å². The third-order valence-electron chi connectivity index (χ3n) is 4.47. The predicted octanol–water partition coefficient (Wildman–Crippen LogP) is 4.78. The molecule has 7 heteroatoms. The highest BCUT2D eigenvalue weighted by Crippen LogP contribution is 2.40. The van der Waals surface area contributed by atoms with E-state index in [0.29, 0.717) is 35.3 Å². The van der Waals surface area contributed by atoms with Gasteiger partial charge in [-0.05, 0) is 30.2 Å². The molecular weight excluding hydrogens is 372 g/mol. The molecule has 0 spiro atoms. The molecule has 0 radical (unpaired) electrons. The summed E-state index contributed by atoms with van der Waals surface area (Å²) in [5, 5.41) is 1.59. The zero-order valence-corrected chi connectivity index (χ0v) is 17.3. The number of aromatic nitrogens is 2. The SMILES string of the molecule is [C-]#[N+]c1sc2nc(Cc3ccc(OC)c(OC)c3)nc(N(C)CC=C)c2c1C. The van der Waals surface area contributed by atoms with Gasteiger partial charge >= 0.3 is 0 Å². The summed E-state index contributed by atoms with van der Waals surface area (Å²) >= 11 is 1.41. The van der Waals surface area contributed by atoms with Gasteiger partial charge in [0.2, 0.25) is 5.00 Å². The second kappa shape index (κ2) is 8.28. The molecule has 0 aliphatic heterocycles. The molecule has 0 unspecified atom stereocenters. The van der Waals surface area contributed by atoms with Gasteiger partial charge in [-0.25, -0.2) is 14.8 Å². The topological polar surface area (TPSA) is 51.8 Å². The zero-order chi connectivity index (χ0) is 20.3. The first-order valence-electron chi connectivity index (χ1n) is 8.72. The smallest absolute Gasteiger partial charge is 0.246 e. The molecular formula is C21H22N4O2S. The minimum absolute atomic E-state index is 0.551. The van der Waals surface area contributed by atoms with Crippen molar-refractivity contribution in [3.05, 3.63) is 59.2 Å². The van der Waals surface area contributed by atoms with E-state index in [4.69, 9.17) is 26.0 Å². The largest absolute Gasteiger partial charge is 0.493 e.